The Labute approximate surface area is 89.0 Å². The molecule has 16 heavy (non-hydrogen) atoms. The van der Waals surface area contributed by atoms with Crippen LogP contribution in [-0.2, 0) is 9.59 Å². The maximum Gasteiger partial charge on any atom is 0.416 e. The molecule has 1 heterocycles. The van der Waals surface area contributed by atoms with E-state index in [0.717, 1.165) is 0 Å². The summed E-state index contributed by atoms with van der Waals surface area (Å²) in [5.74, 6) is -1.02. The third-order valence-corrected chi connectivity index (χ3v) is 2.16. The minimum atomic E-state index is -4.76. The van der Waals surface area contributed by atoms with Crippen molar-refractivity contribution in [1.82, 2.24) is 10.6 Å². The van der Waals surface area contributed by atoms with Crippen molar-refractivity contribution in [3.05, 3.63) is 0 Å². The quantitative estimate of drug-likeness (QED) is 0.610. The number of carbonyl (C=O) groups excluding carboxylic acids is 2. The van der Waals surface area contributed by atoms with Crippen molar-refractivity contribution in [2.75, 3.05) is 6.54 Å². The number of hydrogen-bond acceptors (Lipinski definition) is 3. The first kappa shape index (κ1) is 12.8. The summed E-state index contributed by atoms with van der Waals surface area (Å²) in [4.78, 5) is 22.0. The van der Waals surface area contributed by atoms with E-state index in [1.165, 1.54) is 0 Å². The predicted octanol–water partition coefficient (Wildman–Crippen LogP) is -0.696. The molecule has 0 aromatic heterocycles. The van der Waals surface area contributed by atoms with Gasteiger partial charge in [0.1, 0.15) is 6.04 Å². The number of hydrogen-bond donors (Lipinski definition) is 3. The highest BCUT2D eigenvalue weighted by atomic mass is 19.4. The summed E-state index contributed by atoms with van der Waals surface area (Å²) in [6.07, 6.45) is -6.91. The van der Waals surface area contributed by atoms with E-state index >= 15 is 0 Å². The fourth-order valence-corrected chi connectivity index (χ4v) is 1.25. The van der Waals surface area contributed by atoms with Gasteiger partial charge in [0.05, 0.1) is 6.54 Å². The molecule has 2 amide bonds. The fraction of sp³-hybridized carbons (Fsp3) is 0.750. The van der Waals surface area contributed by atoms with Crippen LogP contribution in [0.4, 0.5) is 13.2 Å². The van der Waals surface area contributed by atoms with Crippen molar-refractivity contribution in [1.29, 1.82) is 0 Å². The number of rotatable bonds is 3. The molecule has 0 aromatic rings. The molecule has 0 saturated carbocycles. The SMILES string of the molecule is O=C1CC[C@@H](C(=O)NCC(O)C(F)(F)F)N1. The predicted molar refractivity (Wildman–Crippen MR) is 46.2 cm³/mol. The molecular formula is C8H11F3N2O3. The lowest BCUT2D eigenvalue weighted by atomic mass is 10.2. The molecule has 8 heteroatoms. The molecule has 1 saturated heterocycles. The second-order valence-electron chi connectivity index (χ2n) is 3.46. The van der Waals surface area contributed by atoms with Crippen molar-refractivity contribution in [3.8, 4) is 0 Å². The molecule has 1 rings (SSSR count). The third-order valence-electron chi connectivity index (χ3n) is 2.16. The monoisotopic (exact) mass is 240 g/mol. The van der Waals surface area contributed by atoms with E-state index in [2.05, 4.69) is 5.32 Å². The largest absolute Gasteiger partial charge is 0.416 e. The summed E-state index contributed by atoms with van der Waals surface area (Å²) >= 11 is 0. The highest BCUT2D eigenvalue weighted by Crippen LogP contribution is 2.19. The van der Waals surface area contributed by atoms with Crippen LogP contribution in [0.1, 0.15) is 12.8 Å². The molecule has 0 bridgehead atoms. The Morgan fingerprint density at radius 1 is 1.62 bits per heavy atom. The highest BCUT2D eigenvalue weighted by Gasteiger charge is 2.38. The molecule has 0 spiro atoms. The van der Waals surface area contributed by atoms with Crippen molar-refractivity contribution in [2.24, 2.45) is 0 Å². The number of amides is 2. The molecule has 1 unspecified atom stereocenters. The summed E-state index contributed by atoms with van der Waals surface area (Å²) in [6.45, 7) is -0.908. The van der Waals surface area contributed by atoms with Gasteiger partial charge in [-0.05, 0) is 6.42 Å². The zero-order valence-corrected chi connectivity index (χ0v) is 8.17. The standard InChI is InChI=1S/C8H11F3N2O3/c9-8(10,11)5(14)3-12-7(16)4-1-2-6(15)13-4/h4-5,14H,1-3H2,(H,12,16)(H,13,15)/t4-,5?/m0/s1. The molecule has 5 nitrogen and oxygen atoms in total. The smallest absolute Gasteiger partial charge is 0.382 e. The lowest BCUT2D eigenvalue weighted by Crippen LogP contribution is -2.47. The van der Waals surface area contributed by atoms with Crippen LogP contribution < -0.4 is 10.6 Å². The van der Waals surface area contributed by atoms with Crippen LogP contribution in [0.25, 0.3) is 0 Å². The highest BCUT2D eigenvalue weighted by molar-refractivity contribution is 5.90. The summed E-state index contributed by atoms with van der Waals surface area (Å²) in [7, 11) is 0. The first-order valence-corrected chi connectivity index (χ1v) is 4.62. The van der Waals surface area contributed by atoms with E-state index in [4.69, 9.17) is 5.11 Å². The van der Waals surface area contributed by atoms with E-state index in [0.29, 0.717) is 0 Å². The zero-order valence-electron chi connectivity index (χ0n) is 8.17. The lowest BCUT2D eigenvalue weighted by Gasteiger charge is -2.16. The summed E-state index contributed by atoms with van der Waals surface area (Å²) in [6, 6.07) is -0.798. The van der Waals surface area contributed by atoms with Crippen LogP contribution in [0.15, 0.2) is 0 Å². The second-order valence-corrected chi connectivity index (χ2v) is 3.46. The van der Waals surface area contributed by atoms with E-state index in [1.807, 2.05) is 5.32 Å². The first-order valence-electron chi connectivity index (χ1n) is 4.62. The summed E-state index contributed by atoms with van der Waals surface area (Å²) in [5.41, 5.74) is 0. The number of halogens is 3. The zero-order chi connectivity index (χ0) is 12.3. The molecule has 2 atom stereocenters. The molecule has 1 aliphatic heterocycles. The van der Waals surface area contributed by atoms with Gasteiger partial charge < -0.3 is 15.7 Å². The lowest BCUT2D eigenvalue weighted by molar-refractivity contribution is -0.201. The van der Waals surface area contributed by atoms with E-state index in [-0.39, 0.29) is 18.7 Å². The van der Waals surface area contributed by atoms with Crippen LogP contribution in [0.5, 0.6) is 0 Å². The molecule has 1 aliphatic rings. The van der Waals surface area contributed by atoms with Gasteiger partial charge in [-0.3, -0.25) is 9.59 Å². The Hall–Kier alpha value is -1.31. The van der Waals surface area contributed by atoms with Crippen LogP contribution >= 0.6 is 0 Å². The van der Waals surface area contributed by atoms with Gasteiger partial charge in [0.25, 0.3) is 0 Å². The first-order chi connectivity index (χ1) is 7.30. The number of nitrogens with one attached hydrogen (secondary N) is 2. The molecule has 3 N–H and O–H groups in total. The number of aliphatic hydroxyl groups excluding tert-OH is 1. The molecule has 0 aliphatic carbocycles. The minimum absolute atomic E-state index is 0.180. The number of alkyl halides is 3. The van der Waals surface area contributed by atoms with Gasteiger partial charge in [0, 0.05) is 6.42 Å². The fourth-order valence-electron chi connectivity index (χ4n) is 1.25. The maximum atomic E-state index is 11.9. The van der Waals surface area contributed by atoms with Crippen molar-refractivity contribution >= 4 is 11.8 Å². The minimum Gasteiger partial charge on any atom is -0.382 e. The Balaban J connectivity index is 2.33. The molecule has 92 valence electrons. The Morgan fingerprint density at radius 3 is 2.69 bits per heavy atom. The normalized spacial score (nSPS) is 22.8. The number of carbonyl (C=O) groups is 2. The van der Waals surface area contributed by atoms with E-state index < -0.39 is 30.8 Å². The van der Waals surface area contributed by atoms with Gasteiger partial charge in [0.2, 0.25) is 11.8 Å². The molecular weight excluding hydrogens is 229 g/mol. The van der Waals surface area contributed by atoms with Gasteiger partial charge in [-0.15, -0.1) is 0 Å². The van der Waals surface area contributed by atoms with Crippen LogP contribution in [-0.4, -0.2) is 41.8 Å². The maximum absolute atomic E-state index is 11.9. The van der Waals surface area contributed by atoms with Gasteiger partial charge in [-0.2, -0.15) is 13.2 Å². The van der Waals surface area contributed by atoms with E-state index in [9.17, 15) is 22.8 Å². The second kappa shape index (κ2) is 4.69. The van der Waals surface area contributed by atoms with Gasteiger partial charge in [-0.25, -0.2) is 0 Å². The van der Waals surface area contributed by atoms with E-state index in [1.54, 1.807) is 0 Å². The average Bonchev–Trinajstić information content (AvgIpc) is 2.59. The average molecular weight is 240 g/mol. The topological polar surface area (TPSA) is 78.4 Å². The Kier molecular flexibility index (Phi) is 3.74. The van der Waals surface area contributed by atoms with Crippen LogP contribution in [0, 0.1) is 0 Å². The number of aliphatic hydroxyl groups is 1. The molecule has 0 aromatic carbocycles. The van der Waals surface area contributed by atoms with Crippen molar-refractivity contribution in [3.63, 3.8) is 0 Å². The van der Waals surface area contributed by atoms with Crippen LogP contribution in [0.2, 0.25) is 0 Å². The van der Waals surface area contributed by atoms with Crippen LogP contribution in [0.3, 0.4) is 0 Å². The summed E-state index contributed by atoms with van der Waals surface area (Å²) < 4.78 is 35.6. The van der Waals surface area contributed by atoms with Crippen molar-refractivity contribution in [2.45, 2.75) is 31.2 Å². The Bertz CT molecular complexity index is 293. The van der Waals surface area contributed by atoms with Gasteiger partial charge in [0.15, 0.2) is 6.10 Å². The Morgan fingerprint density at radius 2 is 2.25 bits per heavy atom. The molecule has 0 radical (unpaired) electrons. The molecule has 1 fully saturated rings. The van der Waals surface area contributed by atoms with Gasteiger partial charge in [-0.1, -0.05) is 0 Å². The van der Waals surface area contributed by atoms with Gasteiger partial charge >= 0.3 is 6.18 Å². The summed E-state index contributed by atoms with van der Waals surface area (Å²) in [5, 5.41) is 12.8. The van der Waals surface area contributed by atoms with Crippen molar-refractivity contribution < 1.29 is 27.9 Å². The third kappa shape index (κ3) is 3.37.